The standard InChI is InChI=1S/C34H49N3O2S.BrH/c1-4-5-6-7-8-9-10-11-12-13-14-15-23-39-33-21-19-30(20-22-33)27-37(34(38)35-3)32-18-16-17-31(24-32)26-36-25-29(2)40-28-36;/h16-22,24-25,28H,4-15,23,26-27H2,1-3H3;1H. The first-order valence-electron chi connectivity index (χ1n) is 15.3. The summed E-state index contributed by atoms with van der Waals surface area (Å²) in [5.41, 5.74) is 5.24. The number of carbonyl (C=O) groups is 1. The van der Waals surface area contributed by atoms with Crippen LogP contribution in [0.1, 0.15) is 100.0 Å². The molecule has 0 aliphatic carbocycles. The van der Waals surface area contributed by atoms with Gasteiger partial charge in [-0.1, -0.05) is 113 Å². The number of aromatic nitrogens is 1. The monoisotopic (exact) mass is 643 g/mol. The van der Waals surface area contributed by atoms with E-state index >= 15 is 0 Å². The van der Waals surface area contributed by atoms with Crippen LogP contribution in [0.2, 0.25) is 0 Å². The van der Waals surface area contributed by atoms with Gasteiger partial charge >= 0.3 is 6.03 Å². The number of hydrogen-bond acceptors (Lipinski definition) is 3. The summed E-state index contributed by atoms with van der Waals surface area (Å²) in [4.78, 5) is 15.9. The minimum atomic E-state index is -0.122. The number of carbonyl (C=O) groups excluding carboxylic acids is 1. The molecular formula is C34H50BrN3O2S. The van der Waals surface area contributed by atoms with Gasteiger partial charge in [0.1, 0.15) is 5.75 Å². The lowest BCUT2D eigenvalue weighted by Crippen LogP contribution is -3.00. The predicted molar refractivity (Wildman–Crippen MR) is 168 cm³/mol. The van der Waals surface area contributed by atoms with Crippen LogP contribution in [0.25, 0.3) is 0 Å². The van der Waals surface area contributed by atoms with Crippen molar-refractivity contribution in [2.45, 2.75) is 104 Å². The fraction of sp³-hybridized carbons (Fsp3) is 0.529. The summed E-state index contributed by atoms with van der Waals surface area (Å²) in [6.45, 7) is 6.42. The van der Waals surface area contributed by atoms with Crippen molar-refractivity contribution in [2.24, 2.45) is 0 Å². The van der Waals surface area contributed by atoms with E-state index in [4.69, 9.17) is 4.74 Å². The maximum atomic E-state index is 12.8. The Bertz CT molecular complexity index is 1120. The Morgan fingerprint density at radius 2 is 1.51 bits per heavy atom. The van der Waals surface area contributed by atoms with Crippen LogP contribution in [0.5, 0.6) is 5.75 Å². The highest BCUT2D eigenvalue weighted by Gasteiger charge is 2.16. The van der Waals surface area contributed by atoms with Gasteiger partial charge in [0.2, 0.25) is 5.51 Å². The Morgan fingerprint density at radius 1 is 0.878 bits per heavy atom. The van der Waals surface area contributed by atoms with Crippen LogP contribution in [0.15, 0.2) is 60.2 Å². The number of anilines is 1. The highest BCUT2D eigenvalue weighted by Crippen LogP contribution is 2.21. The molecule has 0 aliphatic heterocycles. The maximum Gasteiger partial charge on any atom is 0.321 e. The normalized spacial score (nSPS) is 10.7. The third-order valence-electron chi connectivity index (χ3n) is 7.30. The van der Waals surface area contributed by atoms with Crippen molar-refractivity contribution in [3.05, 3.63) is 76.2 Å². The molecule has 0 saturated carbocycles. The van der Waals surface area contributed by atoms with Gasteiger partial charge in [0.05, 0.1) is 18.0 Å². The van der Waals surface area contributed by atoms with E-state index in [1.807, 2.05) is 24.3 Å². The average molecular weight is 645 g/mol. The number of amides is 2. The summed E-state index contributed by atoms with van der Waals surface area (Å²) < 4.78 is 8.17. The van der Waals surface area contributed by atoms with E-state index in [2.05, 4.69) is 59.7 Å². The lowest BCUT2D eigenvalue weighted by atomic mass is 10.1. The predicted octanol–water partition coefficient (Wildman–Crippen LogP) is 5.82. The smallest absolute Gasteiger partial charge is 0.321 e. The lowest BCUT2D eigenvalue weighted by molar-refractivity contribution is -0.683. The Hall–Kier alpha value is -2.38. The molecule has 2 aromatic carbocycles. The summed E-state index contributed by atoms with van der Waals surface area (Å²) in [5, 5.41) is 2.79. The summed E-state index contributed by atoms with van der Waals surface area (Å²) in [6, 6.07) is 16.2. The van der Waals surface area contributed by atoms with Crippen LogP contribution in [0.4, 0.5) is 10.5 Å². The first-order valence-corrected chi connectivity index (χ1v) is 16.2. The quantitative estimate of drug-likeness (QED) is 0.132. The van der Waals surface area contributed by atoms with Crippen molar-refractivity contribution < 1.29 is 31.1 Å². The van der Waals surface area contributed by atoms with Gasteiger partial charge in [-0.05, 0) is 43.2 Å². The molecule has 0 bridgehead atoms. The number of hydrogen-bond donors (Lipinski definition) is 1. The number of ether oxygens (including phenoxy) is 1. The molecule has 0 saturated heterocycles. The van der Waals surface area contributed by atoms with Gasteiger partial charge in [0.25, 0.3) is 0 Å². The van der Waals surface area contributed by atoms with Crippen LogP contribution in [-0.4, -0.2) is 19.7 Å². The minimum absolute atomic E-state index is 0. The molecule has 0 unspecified atom stereocenters. The average Bonchev–Trinajstić information content (AvgIpc) is 3.38. The minimum Gasteiger partial charge on any atom is -1.00 e. The number of nitrogens with zero attached hydrogens (tertiary/aromatic N) is 2. The Balaban J connectivity index is 0.00000588. The molecule has 0 aliphatic rings. The molecule has 3 aromatic rings. The number of aryl methyl sites for hydroxylation is 1. The highest BCUT2D eigenvalue weighted by molar-refractivity contribution is 7.09. The summed E-state index contributed by atoms with van der Waals surface area (Å²) >= 11 is 1.74. The molecule has 41 heavy (non-hydrogen) atoms. The molecule has 0 spiro atoms. The molecule has 0 atom stereocenters. The Labute approximate surface area is 263 Å². The largest absolute Gasteiger partial charge is 1.00 e. The van der Waals surface area contributed by atoms with Gasteiger partial charge in [0.15, 0.2) is 12.7 Å². The van der Waals surface area contributed by atoms with Crippen molar-refractivity contribution in [3.8, 4) is 5.75 Å². The summed E-state index contributed by atoms with van der Waals surface area (Å²) in [7, 11) is 1.68. The number of rotatable bonds is 19. The zero-order valence-electron chi connectivity index (χ0n) is 25.4. The molecule has 226 valence electrons. The molecule has 2 amide bonds. The highest BCUT2D eigenvalue weighted by atomic mass is 79.9. The van der Waals surface area contributed by atoms with E-state index < -0.39 is 0 Å². The van der Waals surface area contributed by atoms with Crippen molar-refractivity contribution >= 4 is 23.1 Å². The Kier molecular flexibility index (Phi) is 17.4. The second kappa shape index (κ2) is 20.5. The van der Waals surface area contributed by atoms with Gasteiger partial charge in [-0.2, -0.15) is 4.57 Å². The molecule has 3 rings (SSSR count). The third kappa shape index (κ3) is 13.4. The van der Waals surface area contributed by atoms with Crippen LogP contribution in [-0.2, 0) is 13.1 Å². The second-order valence-corrected chi connectivity index (χ2v) is 11.9. The van der Waals surface area contributed by atoms with Crippen molar-refractivity contribution in [1.82, 2.24) is 5.32 Å². The van der Waals surface area contributed by atoms with Gasteiger partial charge < -0.3 is 27.0 Å². The molecule has 0 fully saturated rings. The molecular weight excluding hydrogens is 594 g/mol. The van der Waals surface area contributed by atoms with Gasteiger partial charge in [-0.25, -0.2) is 4.79 Å². The van der Waals surface area contributed by atoms with E-state index in [1.165, 1.54) is 75.5 Å². The first-order chi connectivity index (χ1) is 19.6. The fourth-order valence-corrected chi connectivity index (χ4v) is 5.62. The molecule has 7 heteroatoms. The SMILES string of the molecule is CCCCCCCCCCCCCCOc1ccc(CN(C(=O)NC)c2cccc(C[n+]3csc(C)c3)c2)cc1.[Br-]. The number of nitrogens with one attached hydrogen (secondary N) is 1. The number of benzene rings is 2. The van der Waals surface area contributed by atoms with Crippen molar-refractivity contribution in [3.63, 3.8) is 0 Å². The zero-order valence-corrected chi connectivity index (χ0v) is 27.8. The third-order valence-corrected chi connectivity index (χ3v) is 8.15. The second-order valence-electron chi connectivity index (χ2n) is 10.8. The molecule has 1 heterocycles. The lowest BCUT2D eigenvalue weighted by Gasteiger charge is -2.23. The Morgan fingerprint density at radius 3 is 2.10 bits per heavy atom. The van der Waals surface area contributed by atoms with Crippen LogP contribution in [0.3, 0.4) is 0 Å². The molecule has 1 aromatic heterocycles. The number of unbranched alkanes of at least 4 members (excludes halogenated alkanes) is 11. The maximum absolute atomic E-state index is 12.8. The molecule has 5 nitrogen and oxygen atoms in total. The van der Waals surface area contributed by atoms with Crippen molar-refractivity contribution in [1.29, 1.82) is 0 Å². The topological polar surface area (TPSA) is 45.5 Å². The fourth-order valence-electron chi connectivity index (χ4n) is 4.98. The number of halogens is 1. The molecule has 0 radical (unpaired) electrons. The van der Waals surface area contributed by atoms with E-state index in [0.29, 0.717) is 6.54 Å². The van der Waals surface area contributed by atoms with Crippen LogP contribution < -0.4 is 36.5 Å². The number of urea groups is 1. The van der Waals surface area contributed by atoms with Crippen LogP contribution in [0, 0.1) is 6.92 Å². The summed E-state index contributed by atoms with van der Waals surface area (Å²) in [5.74, 6) is 0.892. The van der Waals surface area contributed by atoms with E-state index in [9.17, 15) is 4.79 Å². The van der Waals surface area contributed by atoms with Gasteiger partial charge in [0, 0.05) is 18.3 Å². The molecule has 1 N–H and O–H groups in total. The first kappa shape index (κ1) is 34.8. The van der Waals surface area contributed by atoms with E-state index in [0.717, 1.165) is 42.1 Å². The van der Waals surface area contributed by atoms with Crippen molar-refractivity contribution in [2.75, 3.05) is 18.6 Å². The van der Waals surface area contributed by atoms with E-state index in [-0.39, 0.29) is 23.0 Å². The van der Waals surface area contributed by atoms with E-state index in [1.54, 1.807) is 23.3 Å². The zero-order chi connectivity index (χ0) is 28.4. The summed E-state index contributed by atoms with van der Waals surface area (Å²) in [6.07, 6.45) is 18.3. The number of thiazole rings is 1. The van der Waals surface area contributed by atoms with Gasteiger partial charge in [-0.15, -0.1) is 0 Å². The van der Waals surface area contributed by atoms with Crippen LogP contribution >= 0.6 is 11.3 Å². The van der Waals surface area contributed by atoms with Gasteiger partial charge in [-0.3, -0.25) is 4.90 Å².